The molecular weight excluding hydrogens is 284 g/mol. The van der Waals surface area contributed by atoms with Gasteiger partial charge in [-0.1, -0.05) is 30.4 Å². The number of rotatable bonds is 3. The van der Waals surface area contributed by atoms with Crippen molar-refractivity contribution in [3.05, 3.63) is 64.1 Å². The van der Waals surface area contributed by atoms with Crippen molar-refractivity contribution < 1.29 is 4.74 Å². The van der Waals surface area contributed by atoms with Gasteiger partial charge in [0.2, 0.25) is 0 Å². The topological polar surface area (TPSA) is 57.2 Å². The molecule has 0 fully saturated rings. The predicted molar refractivity (Wildman–Crippen MR) is 85.9 cm³/mol. The fourth-order valence-electron chi connectivity index (χ4n) is 2.71. The Balaban J connectivity index is 1.94. The third-order valence-corrected chi connectivity index (χ3v) is 4.01. The van der Waals surface area contributed by atoms with Crippen LogP contribution in [0, 0.1) is 0 Å². The minimum atomic E-state index is -0.131. The molecule has 2 heterocycles. The molecule has 5 heteroatoms. The third kappa shape index (κ3) is 2.69. The number of hydrogen-bond donors (Lipinski definition) is 1. The van der Waals surface area contributed by atoms with E-state index in [1.807, 2.05) is 18.2 Å². The summed E-state index contributed by atoms with van der Waals surface area (Å²) < 4.78 is 7.34. The van der Waals surface area contributed by atoms with Crippen molar-refractivity contribution in [2.75, 3.05) is 6.61 Å². The van der Waals surface area contributed by atoms with Gasteiger partial charge in [0.15, 0.2) is 0 Å². The molecule has 4 nitrogen and oxygen atoms in total. The lowest BCUT2D eigenvalue weighted by Crippen LogP contribution is -2.31. The summed E-state index contributed by atoms with van der Waals surface area (Å²) in [6.07, 6.45) is 2.67. The van der Waals surface area contributed by atoms with Crippen LogP contribution < -0.4 is 16.0 Å². The quantitative estimate of drug-likeness (QED) is 0.882. The highest BCUT2D eigenvalue weighted by Gasteiger charge is 2.22. The largest absolute Gasteiger partial charge is 0.493 e. The molecule has 1 aromatic heterocycles. The molecule has 1 aliphatic heterocycles. The fraction of sp³-hybridized carbons (Fsp3) is 0.250. The van der Waals surface area contributed by atoms with Crippen molar-refractivity contribution in [2.24, 2.45) is 5.73 Å². The highest BCUT2D eigenvalue weighted by Crippen LogP contribution is 2.34. The maximum Gasteiger partial charge on any atom is 0.260 e. The molecule has 0 amide bonds. The van der Waals surface area contributed by atoms with Crippen molar-refractivity contribution in [1.29, 1.82) is 0 Å². The Kier molecular flexibility index (Phi) is 3.75. The molecule has 0 saturated heterocycles. The number of para-hydroxylation sites is 1. The summed E-state index contributed by atoms with van der Waals surface area (Å²) in [7, 11) is 0. The van der Waals surface area contributed by atoms with Crippen LogP contribution in [0.4, 0.5) is 0 Å². The number of nitrogens with zero attached hydrogens (tertiary/aromatic N) is 1. The zero-order valence-corrected chi connectivity index (χ0v) is 12.3. The van der Waals surface area contributed by atoms with Crippen LogP contribution in [0.2, 0.25) is 0 Å². The Morgan fingerprint density at radius 1 is 1.33 bits per heavy atom. The van der Waals surface area contributed by atoms with Gasteiger partial charge in [-0.2, -0.15) is 0 Å². The van der Waals surface area contributed by atoms with Gasteiger partial charge in [-0.05, 0) is 30.2 Å². The van der Waals surface area contributed by atoms with Crippen molar-refractivity contribution in [3.63, 3.8) is 0 Å². The van der Waals surface area contributed by atoms with Crippen molar-refractivity contribution in [2.45, 2.75) is 18.9 Å². The van der Waals surface area contributed by atoms with Crippen LogP contribution in [0.5, 0.6) is 5.75 Å². The molecular formula is C16H16N2O2S. The lowest BCUT2D eigenvalue weighted by Gasteiger charge is -2.26. The van der Waals surface area contributed by atoms with Gasteiger partial charge < -0.3 is 15.0 Å². The lowest BCUT2D eigenvalue weighted by molar-refractivity contribution is 0.258. The number of fused-ring (bicyclic) bond motifs is 1. The number of hydrogen-bond acceptors (Lipinski definition) is 3. The zero-order chi connectivity index (χ0) is 14.8. The van der Waals surface area contributed by atoms with E-state index >= 15 is 0 Å². The van der Waals surface area contributed by atoms with E-state index in [1.165, 1.54) is 0 Å². The van der Waals surface area contributed by atoms with Gasteiger partial charge in [0, 0.05) is 18.7 Å². The van der Waals surface area contributed by atoms with Crippen LogP contribution in [-0.2, 0) is 6.54 Å². The predicted octanol–water partition coefficient (Wildman–Crippen LogP) is 2.05. The van der Waals surface area contributed by atoms with Gasteiger partial charge in [0.25, 0.3) is 5.56 Å². The molecule has 0 radical (unpaired) electrons. The van der Waals surface area contributed by atoms with Crippen LogP contribution in [0.25, 0.3) is 0 Å². The van der Waals surface area contributed by atoms with Crippen molar-refractivity contribution >= 4 is 17.2 Å². The zero-order valence-electron chi connectivity index (χ0n) is 11.5. The molecule has 2 N–H and O–H groups in total. The summed E-state index contributed by atoms with van der Waals surface area (Å²) >= 11 is 4.92. The summed E-state index contributed by atoms with van der Waals surface area (Å²) in [5.74, 6) is 1.17. The fourth-order valence-corrected chi connectivity index (χ4v) is 2.87. The first-order valence-electron chi connectivity index (χ1n) is 6.88. The number of ether oxygens (including phenoxy) is 1. The Hall–Kier alpha value is -2.14. The first-order valence-corrected chi connectivity index (χ1v) is 7.28. The highest BCUT2D eigenvalue weighted by atomic mass is 32.1. The van der Waals surface area contributed by atoms with Crippen molar-refractivity contribution in [3.8, 4) is 5.75 Å². The molecule has 1 aliphatic rings. The SMILES string of the molecule is NC(=S)c1cccn(CC2CCOc3ccccc32)c1=O. The summed E-state index contributed by atoms with van der Waals surface area (Å²) in [4.78, 5) is 12.5. The number of aromatic nitrogens is 1. The lowest BCUT2D eigenvalue weighted by atomic mass is 9.93. The second kappa shape index (κ2) is 5.69. The summed E-state index contributed by atoms with van der Waals surface area (Å²) in [6.45, 7) is 1.28. The molecule has 0 spiro atoms. The number of benzene rings is 1. The number of pyridine rings is 1. The molecule has 0 aliphatic carbocycles. The minimum absolute atomic E-state index is 0.131. The summed E-state index contributed by atoms with van der Waals surface area (Å²) in [6, 6.07) is 11.5. The van der Waals surface area contributed by atoms with Gasteiger partial charge in [-0.25, -0.2) is 0 Å². The maximum atomic E-state index is 12.4. The van der Waals surface area contributed by atoms with Gasteiger partial charge in [-0.3, -0.25) is 4.79 Å². The normalized spacial score (nSPS) is 16.9. The van der Waals surface area contributed by atoms with E-state index in [0.29, 0.717) is 18.7 Å². The molecule has 21 heavy (non-hydrogen) atoms. The molecule has 1 unspecified atom stereocenters. The van der Waals surface area contributed by atoms with E-state index in [-0.39, 0.29) is 16.5 Å². The maximum absolute atomic E-state index is 12.4. The van der Waals surface area contributed by atoms with Crippen molar-refractivity contribution in [1.82, 2.24) is 4.57 Å². The molecule has 0 saturated carbocycles. The Morgan fingerprint density at radius 3 is 2.95 bits per heavy atom. The molecule has 0 bridgehead atoms. The van der Waals surface area contributed by atoms with Crippen LogP contribution >= 0.6 is 12.2 Å². The number of thiocarbonyl (C=S) groups is 1. The van der Waals surface area contributed by atoms with Crippen LogP contribution in [0.1, 0.15) is 23.5 Å². The molecule has 1 aromatic carbocycles. The van der Waals surface area contributed by atoms with E-state index in [0.717, 1.165) is 17.7 Å². The standard InChI is InChI=1S/C16H16N2O2S/c17-15(21)13-5-3-8-18(16(13)19)10-11-7-9-20-14-6-2-1-4-12(11)14/h1-6,8,11H,7,9-10H2,(H2,17,21). The average Bonchev–Trinajstić information content (AvgIpc) is 2.49. The molecule has 108 valence electrons. The van der Waals surface area contributed by atoms with E-state index in [2.05, 4.69) is 6.07 Å². The van der Waals surface area contributed by atoms with E-state index in [4.69, 9.17) is 22.7 Å². The smallest absolute Gasteiger partial charge is 0.260 e. The minimum Gasteiger partial charge on any atom is -0.493 e. The highest BCUT2D eigenvalue weighted by molar-refractivity contribution is 7.80. The second-order valence-electron chi connectivity index (χ2n) is 5.12. The monoisotopic (exact) mass is 300 g/mol. The Labute approximate surface area is 128 Å². The van der Waals surface area contributed by atoms with Gasteiger partial charge in [-0.15, -0.1) is 0 Å². The van der Waals surface area contributed by atoms with Gasteiger partial charge in [0.05, 0.1) is 12.2 Å². The first-order chi connectivity index (χ1) is 10.2. The third-order valence-electron chi connectivity index (χ3n) is 3.79. The molecule has 2 aromatic rings. The van der Waals surface area contributed by atoms with Crippen LogP contribution in [0.15, 0.2) is 47.4 Å². The van der Waals surface area contributed by atoms with Gasteiger partial charge in [0.1, 0.15) is 10.7 Å². The average molecular weight is 300 g/mol. The van der Waals surface area contributed by atoms with E-state index in [9.17, 15) is 4.79 Å². The second-order valence-corrected chi connectivity index (χ2v) is 5.56. The van der Waals surface area contributed by atoms with E-state index in [1.54, 1.807) is 22.9 Å². The van der Waals surface area contributed by atoms with Gasteiger partial charge >= 0.3 is 0 Å². The molecule has 3 rings (SSSR count). The molecule has 1 atom stereocenters. The first kappa shape index (κ1) is 13.8. The van der Waals surface area contributed by atoms with Crippen LogP contribution in [0.3, 0.4) is 0 Å². The summed E-state index contributed by atoms with van der Waals surface area (Å²) in [5, 5.41) is 0. The Bertz CT molecular complexity index is 739. The summed E-state index contributed by atoms with van der Waals surface area (Å²) in [5.41, 5.74) is 7.01. The Morgan fingerprint density at radius 2 is 2.14 bits per heavy atom. The van der Waals surface area contributed by atoms with E-state index < -0.39 is 0 Å². The van der Waals surface area contributed by atoms with Crippen LogP contribution in [-0.4, -0.2) is 16.2 Å². The number of nitrogens with two attached hydrogens (primary N) is 1.